The van der Waals surface area contributed by atoms with Crippen molar-refractivity contribution in [1.29, 1.82) is 0 Å². The van der Waals surface area contributed by atoms with Gasteiger partial charge >= 0.3 is 5.97 Å². The third-order valence-electron chi connectivity index (χ3n) is 3.37. The number of nitrogens with zero attached hydrogens (tertiary/aromatic N) is 1. The van der Waals surface area contributed by atoms with Gasteiger partial charge in [-0.05, 0) is 45.8 Å². The minimum Gasteiger partial charge on any atom is -0.480 e. The van der Waals surface area contributed by atoms with E-state index < -0.39 is 22.0 Å². The Morgan fingerprint density at radius 1 is 1.42 bits per heavy atom. The summed E-state index contributed by atoms with van der Waals surface area (Å²) < 4.78 is 27.7. The van der Waals surface area contributed by atoms with Crippen LogP contribution < -0.4 is 4.72 Å². The molecule has 0 unspecified atom stereocenters. The molecule has 10 heteroatoms. The summed E-state index contributed by atoms with van der Waals surface area (Å²) in [6.45, 7) is 0. The van der Waals surface area contributed by atoms with Gasteiger partial charge in [-0.1, -0.05) is 0 Å². The summed E-state index contributed by atoms with van der Waals surface area (Å²) >= 11 is 4.21. The van der Waals surface area contributed by atoms with Crippen LogP contribution in [-0.4, -0.2) is 35.5 Å². The van der Waals surface area contributed by atoms with Gasteiger partial charge < -0.3 is 10.1 Å². The van der Waals surface area contributed by atoms with Crippen LogP contribution in [0.15, 0.2) is 44.7 Å². The first-order valence-corrected chi connectivity index (χ1v) is 9.87. The Morgan fingerprint density at radius 2 is 2.21 bits per heavy atom. The lowest BCUT2D eigenvalue weighted by Gasteiger charge is -2.13. The molecule has 0 spiro atoms. The molecule has 24 heavy (non-hydrogen) atoms. The van der Waals surface area contributed by atoms with Crippen molar-refractivity contribution < 1.29 is 18.3 Å². The van der Waals surface area contributed by atoms with E-state index in [2.05, 4.69) is 30.6 Å². The number of hydrogen-bond acceptors (Lipinski definition) is 5. The molecular formula is C14H12BrN3O4S2. The van der Waals surface area contributed by atoms with Gasteiger partial charge in [-0.15, -0.1) is 11.3 Å². The van der Waals surface area contributed by atoms with Crippen molar-refractivity contribution in [1.82, 2.24) is 14.7 Å². The number of sulfonamides is 1. The number of halogens is 1. The summed E-state index contributed by atoms with van der Waals surface area (Å²) in [5.41, 5.74) is 1.31. The monoisotopic (exact) mass is 429 g/mol. The number of hydrogen-bond donors (Lipinski definition) is 3. The van der Waals surface area contributed by atoms with Crippen molar-refractivity contribution in [2.24, 2.45) is 0 Å². The SMILES string of the molecule is O=C(O)[C@H](Cc1c[nH]c2ncccc12)NS(=O)(=O)c1ccc(Br)s1. The van der Waals surface area contributed by atoms with Crippen molar-refractivity contribution in [3.05, 3.63) is 46.0 Å². The Balaban J connectivity index is 1.87. The molecule has 0 radical (unpaired) electrons. The number of carboxylic acid groups (broad SMARTS) is 1. The molecule has 3 aromatic rings. The number of aliphatic carboxylic acids is 1. The highest BCUT2D eigenvalue weighted by Gasteiger charge is 2.27. The Morgan fingerprint density at radius 3 is 2.88 bits per heavy atom. The lowest BCUT2D eigenvalue weighted by molar-refractivity contribution is -0.138. The Hall–Kier alpha value is -1.75. The first-order valence-electron chi connectivity index (χ1n) is 6.78. The van der Waals surface area contributed by atoms with Crippen LogP contribution in [-0.2, 0) is 21.2 Å². The average molecular weight is 430 g/mol. The van der Waals surface area contributed by atoms with Crippen LogP contribution in [0.3, 0.4) is 0 Å². The molecule has 0 aliphatic rings. The van der Waals surface area contributed by atoms with Crippen LogP contribution in [0, 0.1) is 0 Å². The number of H-pyrrole nitrogens is 1. The molecule has 0 fully saturated rings. The second-order valence-corrected chi connectivity index (χ2v) is 9.39. The zero-order chi connectivity index (χ0) is 17.3. The molecule has 3 N–H and O–H groups in total. The second-order valence-electron chi connectivity index (χ2n) is 4.99. The summed E-state index contributed by atoms with van der Waals surface area (Å²) in [5, 5.41) is 10.2. The molecular weight excluding hydrogens is 418 g/mol. The number of aromatic nitrogens is 2. The number of carboxylic acids is 1. The minimum atomic E-state index is -3.91. The molecule has 126 valence electrons. The summed E-state index contributed by atoms with van der Waals surface area (Å²) in [5.74, 6) is -1.24. The van der Waals surface area contributed by atoms with Crippen LogP contribution >= 0.6 is 27.3 Å². The zero-order valence-electron chi connectivity index (χ0n) is 12.1. The predicted molar refractivity (Wildman–Crippen MR) is 93.6 cm³/mol. The maximum atomic E-state index is 12.3. The highest BCUT2D eigenvalue weighted by Crippen LogP contribution is 2.26. The fourth-order valence-corrected chi connectivity index (χ4v) is 5.48. The van der Waals surface area contributed by atoms with Gasteiger partial charge in [-0.3, -0.25) is 4.79 Å². The molecule has 0 aliphatic carbocycles. The number of nitrogens with one attached hydrogen (secondary N) is 2. The first-order chi connectivity index (χ1) is 11.4. The second kappa shape index (κ2) is 6.63. The normalized spacial score (nSPS) is 13.2. The van der Waals surface area contributed by atoms with Crippen LogP contribution in [0.5, 0.6) is 0 Å². The molecule has 0 aliphatic heterocycles. The largest absolute Gasteiger partial charge is 0.480 e. The third-order valence-corrected chi connectivity index (χ3v) is 6.96. The number of aromatic amines is 1. The van der Waals surface area contributed by atoms with Gasteiger partial charge in [-0.2, -0.15) is 4.72 Å². The van der Waals surface area contributed by atoms with Gasteiger partial charge in [0.2, 0.25) is 0 Å². The van der Waals surface area contributed by atoms with Crippen LogP contribution in [0.25, 0.3) is 11.0 Å². The summed E-state index contributed by atoms with van der Waals surface area (Å²) in [6.07, 6.45) is 3.27. The number of carbonyl (C=O) groups is 1. The number of pyridine rings is 1. The molecule has 1 atom stereocenters. The van der Waals surface area contributed by atoms with Gasteiger partial charge in [0.05, 0.1) is 3.79 Å². The van der Waals surface area contributed by atoms with Crippen molar-refractivity contribution in [3.63, 3.8) is 0 Å². The van der Waals surface area contributed by atoms with E-state index >= 15 is 0 Å². The van der Waals surface area contributed by atoms with E-state index in [4.69, 9.17) is 0 Å². The molecule has 0 saturated carbocycles. The maximum Gasteiger partial charge on any atom is 0.322 e. The van der Waals surface area contributed by atoms with E-state index in [1.54, 1.807) is 30.6 Å². The topological polar surface area (TPSA) is 112 Å². The summed E-state index contributed by atoms with van der Waals surface area (Å²) in [4.78, 5) is 18.6. The minimum absolute atomic E-state index is 0.00675. The molecule has 3 heterocycles. The fourth-order valence-electron chi connectivity index (χ4n) is 2.27. The Labute approximate surface area is 149 Å². The van der Waals surface area contributed by atoms with Gasteiger partial charge in [0.15, 0.2) is 0 Å². The third kappa shape index (κ3) is 3.51. The quantitative estimate of drug-likeness (QED) is 0.556. The average Bonchev–Trinajstić information content (AvgIpc) is 3.14. The van der Waals surface area contributed by atoms with Crippen molar-refractivity contribution in [2.75, 3.05) is 0 Å². The van der Waals surface area contributed by atoms with Crippen molar-refractivity contribution >= 4 is 54.3 Å². The maximum absolute atomic E-state index is 12.3. The molecule has 3 aromatic heterocycles. The van der Waals surface area contributed by atoms with Crippen LogP contribution in [0.4, 0.5) is 0 Å². The predicted octanol–water partition coefficient (Wildman–Crippen LogP) is 2.36. The highest BCUT2D eigenvalue weighted by molar-refractivity contribution is 9.11. The van der Waals surface area contributed by atoms with E-state index in [0.717, 1.165) is 16.7 Å². The van der Waals surface area contributed by atoms with Gasteiger partial charge in [0, 0.05) is 24.2 Å². The highest BCUT2D eigenvalue weighted by atomic mass is 79.9. The number of fused-ring (bicyclic) bond motifs is 1. The zero-order valence-corrected chi connectivity index (χ0v) is 15.3. The number of rotatable bonds is 6. The molecule has 7 nitrogen and oxygen atoms in total. The van der Waals surface area contributed by atoms with E-state index in [9.17, 15) is 18.3 Å². The molecule has 0 bridgehead atoms. The Kier molecular flexibility index (Phi) is 4.72. The molecule has 3 rings (SSSR count). The van der Waals surface area contributed by atoms with Crippen molar-refractivity contribution in [2.45, 2.75) is 16.7 Å². The standard InChI is InChI=1S/C14H12BrN3O4S2/c15-11-3-4-12(23-11)24(21,22)18-10(14(19)20)6-8-7-17-13-9(8)2-1-5-16-13/h1-5,7,10,18H,6H2,(H,16,17)(H,19,20)/t10-/m0/s1. The van der Waals surface area contributed by atoms with E-state index in [0.29, 0.717) is 15.0 Å². The lowest BCUT2D eigenvalue weighted by Crippen LogP contribution is -2.41. The van der Waals surface area contributed by atoms with Crippen molar-refractivity contribution in [3.8, 4) is 0 Å². The van der Waals surface area contributed by atoms with E-state index in [-0.39, 0.29) is 10.6 Å². The molecule has 0 saturated heterocycles. The van der Waals surface area contributed by atoms with Crippen LogP contribution in [0.2, 0.25) is 0 Å². The molecule has 0 aromatic carbocycles. The molecule has 0 amide bonds. The fraction of sp³-hybridized carbons (Fsp3) is 0.143. The summed E-state index contributed by atoms with van der Waals surface area (Å²) in [7, 11) is -3.91. The van der Waals surface area contributed by atoms with E-state index in [1.165, 1.54) is 6.07 Å². The van der Waals surface area contributed by atoms with Gasteiger partial charge in [0.25, 0.3) is 10.0 Å². The number of thiophene rings is 1. The smallest absolute Gasteiger partial charge is 0.322 e. The Bertz CT molecular complexity index is 996. The van der Waals surface area contributed by atoms with Gasteiger partial charge in [-0.25, -0.2) is 13.4 Å². The van der Waals surface area contributed by atoms with E-state index in [1.807, 2.05) is 0 Å². The van der Waals surface area contributed by atoms with Crippen LogP contribution in [0.1, 0.15) is 5.56 Å². The lowest BCUT2D eigenvalue weighted by atomic mass is 10.1. The first kappa shape index (κ1) is 17.1. The summed E-state index contributed by atoms with van der Waals surface area (Å²) in [6, 6.07) is 5.28. The van der Waals surface area contributed by atoms with Gasteiger partial charge in [0.1, 0.15) is 15.9 Å².